The first-order valence-electron chi connectivity index (χ1n) is 9.32. The minimum absolute atomic E-state index is 0.0782. The number of hydrogen-bond acceptors (Lipinski definition) is 5. The maximum Gasteiger partial charge on any atom is 0.252 e. The lowest BCUT2D eigenvalue weighted by Gasteiger charge is -2.20. The van der Waals surface area contributed by atoms with E-state index in [1.54, 1.807) is 42.6 Å². The van der Waals surface area contributed by atoms with Crippen molar-refractivity contribution in [3.05, 3.63) is 59.9 Å². The van der Waals surface area contributed by atoms with Crippen molar-refractivity contribution in [2.24, 2.45) is 11.8 Å². The molecule has 0 bridgehead atoms. The van der Waals surface area contributed by atoms with E-state index in [2.05, 4.69) is 10.3 Å². The molecule has 148 valence electrons. The SMILES string of the molecule is Cc1ccc(S(=O)(=O)N2C[C@@H]3[C@@H](CNC(=O)c4cccnc4)CO[C@@H]3C2)cc1. The third kappa shape index (κ3) is 3.67. The maximum atomic E-state index is 12.9. The van der Waals surface area contributed by atoms with Crippen molar-refractivity contribution in [3.8, 4) is 0 Å². The summed E-state index contributed by atoms with van der Waals surface area (Å²) in [5, 5.41) is 2.92. The third-order valence-electron chi connectivity index (χ3n) is 5.51. The van der Waals surface area contributed by atoms with Crippen LogP contribution in [0.4, 0.5) is 0 Å². The van der Waals surface area contributed by atoms with E-state index < -0.39 is 10.0 Å². The zero-order valence-corrected chi connectivity index (χ0v) is 16.4. The molecule has 1 aromatic heterocycles. The van der Waals surface area contributed by atoms with E-state index in [0.717, 1.165) is 5.56 Å². The molecule has 2 saturated heterocycles. The Hall–Kier alpha value is -2.29. The molecule has 1 aromatic carbocycles. The van der Waals surface area contributed by atoms with E-state index >= 15 is 0 Å². The number of nitrogens with one attached hydrogen (secondary N) is 1. The minimum Gasteiger partial charge on any atom is -0.376 e. The van der Waals surface area contributed by atoms with Crippen LogP contribution in [0, 0.1) is 18.8 Å². The highest BCUT2D eigenvalue weighted by atomic mass is 32.2. The first-order chi connectivity index (χ1) is 13.4. The van der Waals surface area contributed by atoms with E-state index in [1.807, 2.05) is 6.92 Å². The standard InChI is InChI=1S/C20H23N3O4S/c1-14-4-6-17(7-5-14)28(25,26)23-11-18-16(13-27-19(18)12-23)10-22-20(24)15-3-2-8-21-9-15/h2-9,16,18-19H,10-13H2,1H3,(H,22,24)/t16-,18+,19+/m0/s1. The molecule has 3 heterocycles. The fraction of sp³-hybridized carbons (Fsp3) is 0.400. The molecule has 7 nitrogen and oxygen atoms in total. The molecule has 4 rings (SSSR count). The Morgan fingerprint density at radius 1 is 1.25 bits per heavy atom. The normalized spacial score (nSPS) is 24.8. The van der Waals surface area contributed by atoms with Gasteiger partial charge in [-0.05, 0) is 31.2 Å². The predicted octanol–water partition coefficient (Wildman–Crippen LogP) is 1.46. The smallest absolute Gasteiger partial charge is 0.252 e. The van der Waals surface area contributed by atoms with Crippen molar-refractivity contribution < 1.29 is 17.9 Å². The number of pyridine rings is 1. The molecule has 2 fully saturated rings. The van der Waals surface area contributed by atoms with Crippen molar-refractivity contribution in [2.45, 2.75) is 17.9 Å². The molecule has 0 spiro atoms. The quantitative estimate of drug-likeness (QED) is 0.819. The second-order valence-electron chi connectivity index (χ2n) is 7.38. The molecule has 2 aliphatic heterocycles. The lowest BCUT2D eigenvalue weighted by molar-refractivity contribution is 0.0932. The second-order valence-corrected chi connectivity index (χ2v) is 9.32. The molecule has 3 atom stereocenters. The van der Waals surface area contributed by atoms with Crippen LogP contribution in [-0.2, 0) is 14.8 Å². The second kappa shape index (κ2) is 7.62. The molecule has 2 aromatic rings. The Labute approximate surface area is 164 Å². The monoisotopic (exact) mass is 401 g/mol. The number of fused-ring (bicyclic) bond motifs is 1. The van der Waals surface area contributed by atoms with Crippen LogP contribution in [0.3, 0.4) is 0 Å². The number of aryl methyl sites for hydroxylation is 1. The summed E-state index contributed by atoms with van der Waals surface area (Å²) in [6.07, 6.45) is 3.02. The van der Waals surface area contributed by atoms with Crippen molar-refractivity contribution >= 4 is 15.9 Å². The Morgan fingerprint density at radius 3 is 2.75 bits per heavy atom. The Kier molecular flexibility index (Phi) is 5.18. The topological polar surface area (TPSA) is 88.6 Å². The van der Waals surface area contributed by atoms with E-state index in [9.17, 15) is 13.2 Å². The Morgan fingerprint density at radius 2 is 2.04 bits per heavy atom. The van der Waals surface area contributed by atoms with Crippen molar-refractivity contribution in [2.75, 3.05) is 26.2 Å². The van der Waals surface area contributed by atoms with Crippen LogP contribution >= 0.6 is 0 Å². The molecule has 28 heavy (non-hydrogen) atoms. The average molecular weight is 401 g/mol. The zero-order chi connectivity index (χ0) is 19.7. The average Bonchev–Trinajstić information content (AvgIpc) is 3.29. The molecule has 2 aliphatic rings. The number of ether oxygens (including phenoxy) is 1. The van der Waals surface area contributed by atoms with Gasteiger partial charge in [0.25, 0.3) is 5.91 Å². The van der Waals surface area contributed by atoms with Gasteiger partial charge >= 0.3 is 0 Å². The molecule has 0 radical (unpaired) electrons. The maximum absolute atomic E-state index is 12.9. The van der Waals surface area contributed by atoms with Gasteiger partial charge in [-0.3, -0.25) is 9.78 Å². The number of amides is 1. The van der Waals surface area contributed by atoms with Crippen LogP contribution in [0.15, 0.2) is 53.7 Å². The van der Waals surface area contributed by atoms with Gasteiger partial charge in [0.15, 0.2) is 0 Å². The number of carbonyl (C=O) groups excluding carboxylic acids is 1. The van der Waals surface area contributed by atoms with Crippen LogP contribution < -0.4 is 5.32 Å². The molecule has 1 amide bonds. The summed E-state index contributed by atoms with van der Waals surface area (Å²) in [7, 11) is -3.54. The highest BCUT2D eigenvalue weighted by Crippen LogP contribution is 2.36. The third-order valence-corrected chi connectivity index (χ3v) is 7.36. The van der Waals surface area contributed by atoms with Gasteiger partial charge in [-0.2, -0.15) is 4.31 Å². The first-order valence-corrected chi connectivity index (χ1v) is 10.8. The number of carbonyl (C=O) groups is 1. The number of nitrogens with zero attached hydrogens (tertiary/aromatic N) is 2. The molecule has 8 heteroatoms. The number of hydrogen-bond donors (Lipinski definition) is 1. The Bertz CT molecular complexity index is 947. The number of rotatable bonds is 5. The van der Waals surface area contributed by atoms with Crippen LogP contribution in [0.5, 0.6) is 0 Å². The van der Waals surface area contributed by atoms with E-state index in [4.69, 9.17) is 4.74 Å². The summed E-state index contributed by atoms with van der Waals surface area (Å²) in [4.78, 5) is 16.5. The van der Waals surface area contributed by atoms with Crippen LogP contribution in [0.25, 0.3) is 0 Å². The van der Waals surface area contributed by atoms with Gasteiger partial charge in [0, 0.05) is 43.9 Å². The van der Waals surface area contributed by atoms with Crippen molar-refractivity contribution in [1.82, 2.24) is 14.6 Å². The molecule has 0 saturated carbocycles. The van der Waals surface area contributed by atoms with Gasteiger partial charge in [-0.25, -0.2) is 8.42 Å². The first kappa shape index (κ1) is 19.0. The van der Waals surface area contributed by atoms with Gasteiger partial charge < -0.3 is 10.1 Å². The van der Waals surface area contributed by atoms with Crippen LogP contribution in [0.1, 0.15) is 15.9 Å². The largest absolute Gasteiger partial charge is 0.376 e. The highest BCUT2D eigenvalue weighted by Gasteiger charge is 2.47. The van der Waals surface area contributed by atoms with E-state index in [-0.39, 0.29) is 23.8 Å². The number of benzene rings is 1. The minimum atomic E-state index is -3.54. The van der Waals surface area contributed by atoms with Gasteiger partial charge in [-0.1, -0.05) is 17.7 Å². The van der Waals surface area contributed by atoms with Crippen molar-refractivity contribution in [3.63, 3.8) is 0 Å². The van der Waals surface area contributed by atoms with Crippen molar-refractivity contribution in [1.29, 1.82) is 0 Å². The van der Waals surface area contributed by atoms with Gasteiger partial charge in [0.05, 0.1) is 23.2 Å². The molecular formula is C20H23N3O4S. The molecule has 0 unspecified atom stereocenters. The molecule has 0 aliphatic carbocycles. The van der Waals surface area contributed by atoms with Gasteiger partial charge in [0.2, 0.25) is 10.0 Å². The van der Waals surface area contributed by atoms with Crippen LogP contribution in [-0.4, -0.2) is 56.0 Å². The molecule has 1 N–H and O–H groups in total. The van der Waals surface area contributed by atoms with Gasteiger partial charge in [0.1, 0.15) is 0 Å². The summed E-state index contributed by atoms with van der Waals surface area (Å²) >= 11 is 0. The predicted molar refractivity (Wildman–Crippen MR) is 103 cm³/mol. The number of aromatic nitrogens is 1. The molecular weight excluding hydrogens is 378 g/mol. The lowest BCUT2D eigenvalue weighted by atomic mass is 9.93. The number of sulfonamides is 1. The summed E-state index contributed by atoms with van der Waals surface area (Å²) < 4.78 is 33.2. The highest BCUT2D eigenvalue weighted by molar-refractivity contribution is 7.89. The van der Waals surface area contributed by atoms with E-state index in [0.29, 0.717) is 36.7 Å². The zero-order valence-electron chi connectivity index (χ0n) is 15.6. The summed E-state index contributed by atoms with van der Waals surface area (Å²) in [6.45, 7) is 3.67. The lowest BCUT2D eigenvalue weighted by Crippen LogP contribution is -2.35. The van der Waals surface area contributed by atoms with Crippen LogP contribution in [0.2, 0.25) is 0 Å². The van der Waals surface area contributed by atoms with E-state index in [1.165, 1.54) is 10.5 Å². The fourth-order valence-corrected chi connectivity index (χ4v) is 5.34. The summed E-state index contributed by atoms with van der Waals surface area (Å²) in [5.41, 5.74) is 1.53. The summed E-state index contributed by atoms with van der Waals surface area (Å²) in [6, 6.07) is 10.3. The summed E-state index contributed by atoms with van der Waals surface area (Å²) in [5.74, 6) is -0.0167. The fourth-order valence-electron chi connectivity index (χ4n) is 3.85. The Balaban J connectivity index is 1.40. The van der Waals surface area contributed by atoms with Gasteiger partial charge in [-0.15, -0.1) is 0 Å².